The van der Waals surface area contributed by atoms with Crippen LogP contribution in [0.2, 0.25) is 0 Å². The van der Waals surface area contributed by atoms with Gasteiger partial charge in [0.05, 0.1) is 10.3 Å². The van der Waals surface area contributed by atoms with Crippen LogP contribution < -0.4 is 10.0 Å². The predicted octanol–water partition coefficient (Wildman–Crippen LogP) is 2.10. The number of amides is 1. The maximum Gasteiger partial charge on any atom is 0.250 e. The lowest BCUT2D eigenvalue weighted by atomic mass is 10.2. The van der Waals surface area contributed by atoms with Gasteiger partial charge in [0.25, 0.3) is 10.0 Å². The Hall–Kier alpha value is -0.440. The van der Waals surface area contributed by atoms with E-state index in [-0.39, 0.29) is 16.7 Å². The van der Waals surface area contributed by atoms with Crippen molar-refractivity contribution in [2.24, 2.45) is 0 Å². The monoisotopic (exact) mass is 368 g/mol. The highest BCUT2D eigenvalue weighted by atomic mass is 79.9. The molecule has 108 valence electrons. The SMILES string of the molecule is CCCCCNC(=O)CNS(=O)(=O)c1ccc(Br)s1. The van der Waals surface area contributed by atoms with E-state index in [0.717, 1.165) is 34.4 Å². The standard InChI is InChI=1S/C11H17BrN2O3S2/c1-2-3-4-7-13-10(15)8-14-19(16,17)11-6-5-9(12)18-11/h5-6,14H,2-4,7-8H2,1H3,(H,13,15). The average molecular weight is 369 g/mol. The number of thiophene rings is 1. The lowest BCUT2D eigenvalue weighted by molar-refractivity contribution is -0.119. The minimum atomic E-state index is -3.59. The van der Waals surface area contributed by atoms with Gasteiger partial charge in [-0.2, -0.15) is 0 Å². The third-order valence-corrected chi connectivity index (χ3v) is 5.86. The molecule has 1 heterocycles. The fourth-order valence-corrected chi connectivity index (χ4v) is 4.38. The van der Waals surface area contributed by atoms with Crippen molar-refractivity contribution >= 4 is 43.2 Å². The Bertz CT molecular complexity index is 514. The third-order valence-electron chi connectivity index (χ3n) is 2.34. The lowest BCUT2D eigenvalue weighted by Gasteiger charge is -2.06. The van der Waals surface area contributed by atoms with Crippen LogP contribution >= 0.6 is 27.3 Å². The van der Waals surface area contributed by atoms with Crippen LogP contribution in [0.25, 0.3) is 0 Å². The highest BCUT2D eigenvalue weighted by Crippen LogP contribution is 2.25. The summed E-state index contributed by atoms with van der Waals surface area (Å²) in [4.78, 5) is 11.4. The molecule has 0 unspecified atom stereocenters. The van der Waals surface area contributed by atoms with E-state index in [2.05, 4.69) is 32.9 Å². The summed E-state index contributed by atoms with van der Waals surface area (Å²) in [6.45, 7) is 2.43. The zero-order valence-corrected chi connectivity index (χ0v) is 13.8. The number of unbranched alkanes of at least 4 members (excludes halogenated alkanes) is 2. The molecule has 1 aromatic heterocycles. The van der Waals surface area contributed by atoms with E-state index in [4.69, 9.17) is 0 Å². The molecule has 1 amide bonds. The molecule has 0 aliphatic rings. The van der Waals surface area contributed by atoms with Crippen LogP contribution in [0, 0.1) is 0 Å². The van der Waals surface area contributed by atoms with Crippen molar-refractivity contribution < 1.29 is 13.2 Å². The fraction of sp³-hybridized carbons (Fsp3) is 0.545. The Balaban J connectivity index is 2.37. The summed E-state index contributed by atoms with van der Waals surface area (Å²) in [6, 6.07) is 3.15. The largest absolute Gasteiger partial charge is 0.355 e. The molecule has 1 aromatic rings. The lowest BCUT2D eigenvalue weighted by Crippen LogP contribution is -2.37. The summed E-state index contributed by atoms with van der Waals surface area (Å²) in [5, 5.41) is 2.67. The number of hydrogen-bond donors (Lipinski definition) is 2. The normalized spacial score (nSPS) is 11.5. The van der Waals surface area contributed by atoms with Crippen molar-refractivity contribution in [1.29, 1.82) is 0 Å². The van der Waals surface area contributed by atoms with Crippen molar-refractivity contribution in [2.45, 2.75) is 30.4 Å². The van der Waals surface area contributed by atoms with Gasteiger partial charge in [0.15, 0.2) is 0 Å². The first-order valence-corrected chi connectivity index (χ1v) is 9.06. The first-order valence-electron chi connectivity index (χ1n) is 5.97. The molecular weight excluding hydrogens is 352 g/mol. The third kappa shape index (κ3) is 6.03. The summed E-state index contributed by atoms with van der Waals surface area (Å²) in [5.74, 6) is -0.310. The van der Waals surface area contributed by atoms with Gasteiger partial charge < -0.3 is 5.32 Å². The van der Waals surface area contributed by atoms with Crippen molar-refractivity contribution in [3.05, 3.63) is 15.9 Å². The molecule has 0 aromatic carbocycles. The molecule has 19 heavy (non-hydrogen) atoms. The summed E-state index contributed by atoms with van der Waals surface area (Å²) in [6.07, 6.45) is 3.04. The fourth-order valence-electron chi connectivity index (χ4n) is 1.34. The molecule has 0 atom stereocenters. The van der Waals surface area contributed by atoms with Gasteiger partial charge >= 0.3 is 0 Å². The minimum Gasteiger partial charge on any atom is -0.355 e. The number of rotatable bonds is 8. The van der Waals surface area contributed by atoms with Crippen LogP contribution in [0.4, 0.5) is 0 Å². The van der Waals surface area contributed by atoms with E-state index in [1.165, 1.54) is 6.07 Å². The Labute approximate surface area is 126 Å². The molecule has 0 fully saturated rings. The average Bonchev–Trinajstić information content (AvgIpc) is 2.80. The molecule has 0 saturated heterocycles. The van der Waals surface area contributed by atoms with Crippen molar-refractivity contribution in [3.63, 3.8) is 0 Å². The molecule has 5 nitrogen and oxygen atoms in total. The van der Waals surface area contributed by atoms with Crippen LogP contribution in [-0.4, -0.2) is 27.4 Å². The number of sulfonamides is 1. The van der Waals surface area contributed by atoms with Crippen LogP contribution in [-0.2, 0) is 14.8 Å². The first kappa shape index (κ1) is 16.6. The van der Waals surface area contributed by atoms with Gasteiger partial charge in [-0.15, -0.1) is 11.3 Å². The molecule has 0 bridgehead atoms. The van der Waals surface area contributed by atoms with Gasteiger partial charge in [-0.3, -0.25) is 4.79 Å². The zero-order chi connectivity index (χ0) is 14.3. The molecular formula is C11H17BrN2O3S2. The summed E-state index contributed by atoms with van der Waals surface area (Å²) in [5.41, 5.74) is 0. The quantitative estimate of drug-likeness (QED) is 0.689. The zero-order valence-electron chi connectivity index (χ0n) is 10.6. The van der Waals surface area contributed by atoms with Crippen molar-refractivity contribution in [3.8, 4) is 0 Å². The maximum atomic E-state index is 11.8. The van der Waals surface area contributed by atoms with E-state index in [1.54, 1.807) is 6.07 Å². The molecule has 0 aliphatic heterocycles. The second-order valence-corrected chi connectivity index (χ2v) is 8.40. The van der Waals surface area contributed by atoms with Crippen molar-refractivity contribution in [2.75, 3.05) is 13.1 Å². The van der Waals surface area contributed by atoms with E-state index in [9.17, 15) is 13.2 Å². The van der Waals surface area contributed by atoms with E-state index >= 15 is 0 Å². The number of carbonyl (C=O) groups excluding carboxylic acids is 1. The summed E-state index contributed by atoms with van der Waals surface area (Å²) in [7, 11) is -3.59. The maximum absolute atomic E-state index is 11.8. The molecule has 0 aliphatic carbocycles. The van der Waals surface area contributed by atoms with Gasteiger partial charge in [-0.1, -0.05) is 19.8 Å². The summed E-state index contributed by atoms with van der Waals surface area (Å²) < 4.78 is 26.9. The smallest absolute Gasteiger partial charge is 0.250 e. The van der Waals surface area contributed by atoms with Gasteiger partial charge in [0.1, 0.15) is 4.21 Å². The van der Waals surface area contributed by atoms with Gasteiger partial charge in [0, 0.05) is 6.54 Å². The molecule has 0 spiro atoms. The van der Waals surface area contributed by atoms with Crippen molar-refractivity contribution in [1.82, 2.24) is 10.0 Å². The van der Waals surface area contributed by atoms with E-state index in [0.29, 0.717) is 6.54 Å². The predicted molar refractivity (Wildman–Crippen MR) is 79.7 cm³/mol. The van der Waals surface area contributed by atoms with Gasteiger partial charge in [-0.05, 0) is 34.5 Å². The van der Waals surface area contributed by atoms with Crippen LogP contribution in [0.1, 0.15) is 26.2 Å². The second kappa shape index (κ2) is 7.98. The number of halogens is 1. The highest BCUT2D eigenvalue weighted by Gasteiger charge is 2.17. The Morgan fingerprint density at radius 1 is 1.37 bits per heavy atom. The van der Waals surface area contributed by atoms with Gasteiger partial charge in [-0.25, -0.2) is 13.1 Å². The second-order valence-electron chi connectivity index (χ2n) is 3.94. The van der Waals surface area contributed by atoms with Crippen LogP contribution in [0.5, 0.6) is 0 Å². The number of nitrogens with one attached hydrogen (secondary N) is 2. The first-order chi connectivity index (χ1) is 8.95. The number of hydrogen-bond acceptors (Lipinski definition) is 4. The molecule has 1 rings (SSSR count). The molecule has 0 radical (unpaired) electrons. The van der Waals surface area contributed by atoms with Crippen LogP contribution in [0.3, 0.4) is 0 Å². The van der Waals surface area contributed by atoms with E-state index in [1.807, 2.05) is 0 Å². The molecule has 8 heteroatoms. The minimum absolute atomic E-state index is 0.193. The Morgan fingerprint density at radius 2 is 2.11 bits per heavy atom. The Kier molecular flexibility index (Phi) is 6.98. The Morgan fingerprint density at radius 3 is 2.68 bits per heavy atom. The van der Waals surface area contributed by atoms with Gasteiger partial charge in [0.2, 0.25) is 5.91 Å². The summed E-state index contributed by atoms with van der Waals surface area (Å²) >= 11 is 4.31. The van der Waals surface area contributed by atoms with E-state index < -0.39 is 10.0 Å². The topological polar surface area (TPSA) is 75.3 Å². The van der Waals surface area contributed by atoms with Crippen LogP contribution in [0.15, 0.2) is 20.1 Å². The number of carbonyl (C=O) groups is 1. The highest BCUT2D eigenvalue weighted by molar-refractivity contribution is 9.11. The molecule has 0 saturated carbocycles. The molecule has 2 N–H and O–H groups in total.